The summed E-state index contributed by atoms with van der Waals surface area (Å²) in [5, 5.41) is 18.3. The highest BCUT2D eigenvalue weighted by Gasteiger charge is 2.26. The number of aliphatic hydroxyl groups is 2. The summed E-state index contributed by atoms with van der Waals surface area (Å²) in [5.74, 6) is -0.377. The second-order valence-electron chi connectivity index (χ2n) is 15.1. The molecule has 3 atom stereocenters. The van der Waals surface area contributed by atoms with Crippen LogP contribution in [0.3, 0.4) is 0 Å². The fourth-order valence-electron chi connectivity index (χ4n) is 6.42. The quantitative estimate of drug-likeness (QED) is 0.0315. The van der Waals surface area contributed by atoms with Crippen LogP contribution in [0.2, 0.25) is 0 Å². The van der Waals surface area contributed by atoms with Crippen molar-refractivity contribution in [3.8, 4) is 0 Å². The zero-order chi connectivity index (χ0) is 38.2. The van der Waals surface area contributed by atoms with Crippen LogP contribution in [0.1, 0.15) is 219 Å². The van der Waals surface area contributed by atoms with Gasteiger partial charge < -0.3 is 24.6 Å². The molecule has 0 rings (SSSR count). The number of rotatable bonds is 43. The fraction of sp³-hybridized carbons (Fsp3) is 0.976. The van der Waals surface area contributed by atoms with E-state index >= 15 is 0 Å². The van der Waals surface area contributed by atoms with Gasteiger partial charge in [0.25, 0.3) is 0 Å². The van der Waals surface area contributed by atoms with E-state index in [1.54, 1.807) is 0 Å². The summed E-state index contributed by atoms with van der Waals surface area (Å²) in [4.78, 5) is 22.5. The van der Waals surface area contributed by atoms with E-state index in [-0.39, 0.29) is 25.6 Å². The molecule has 0 fully saturated rings. The first-order chi connectivity index (χ1) is 25.3. The van der Waals surface area contributed by atoms with Crippen LogP contribution in [0, 0.1) is 0 Å². The van der Waals surface area contributed by atoms with E-state index in [1.165, 1.54) is 167 Å². The average Bonchev–Trinajstić information content (AvgIpc) is 3.13. The molecular weight excluding hydrogens is 679 g/mol. The fourth-order valence-corrected chi connectivity index (χ4v) is 7.21. The van der Waals surface area contributed by atoms with Crippen LogP contribution in [0.25, 0.3) is 0 Å². The highest BCUT2D eigenvalue weighted by molar-refractivity contribution is 7.47. The normalized spacial score (nSPS) is 14.0. The maximum atomic E-state index is 12.6. The van der Waals surface area contributed by atoms with Crippen molar-refractivity contribution in [1.82, 2.24) is 0 Å². The lowest BCUT2D eigenvalue weighted by Gasteiger charge is -2.20. The van der Waals surface area contributed by atoms with E-state index in [4.69, 9.17) is 23.6 Å². The molecular formula is C42H85O9P. The molecule has 0 amide bonds. The Balaban J connectivity index is 4.01. The Morgan fingerprint density at radius 2 is 0.865 bits per heavy atom. The van der Waals surface area contributed by atoms with Gasteiger partial charge in [0.2, 0.25) is 0 Å². The van der Waals surface area contributed by atoms with Crippen LogP contribution in [0.5, 0.6) is 0 Å². The zero-order valence-corrected chi connectivity index (χ0v) is 35.0. The third-order valence-corrected chi connectivity index (χ3v) is 10.7. The molecule has 0 aromatic carbocycles. The first-order valence-electron chi connectivity index (χ1n) is 22.0. The number of phosphoric acid groups is 1. The van der Waals surface area contributed by atoms with Gasteiger partial charge >= 0.3 is 13.8 Å². The van der Waals surface area contributed by atoms with Crippen molar-refractivity contribution < 1.29 is 43.0 Å². The molecule has 10 heteroatoms. The Bertz CT molecular complexity index is 785. The lowest BCUT2D eigenvalue weighted by molar-refractivity contribution is -0.154. The number of phosphoric ester groups is 1. The number of esters is 1. The molecule has 0 aromatic rings. The summed E-state index contributed by atoms with van der Waals surface area (Å²) in [6.45, 7) is 3.56. The van der Waals surface area contributed by atoms with Crippen molar-refractivity contribution in [3.63, 3.8) is 0 Å². The van der Waals surface area contributed by atoms with Gasteiger partial charge in [0.1, 0.15) is 12.2 Å². The first-order valence-corrected chi connectivity index (χ1v) is 23.5. The largest absolute Gasteiger partial charge is 0.472 e. The molecule has 0 saturated carbocycles. The number of carbonyl (C=O) groups excluding carboxylic acids is 1. The molecule has 0 heterocycles. The smallest absolute Gasteiger partial charge is 0.457 e. The van der Waals surface area contributed by atoms with Crippen molar-refractivity contribution in [2.45, 2.75) is 232 Å². The monoisotopic (exact) mass is 765 g/mol. The molecule has 0 bridgehead atoms. The van der Waals surface area contributed by atoms with Gasteiger partial charge in [-0.15, -0.1) is 0 Å². The molecule has 3 unspecified atom stereocenters. The van der Waals surface area contributed by atoms with E-state index in [0.717, 1.165) is 32.1 Å². The summed E-state index contributed by atoms with van der Waals surface area (Å²) in [7, 11) is -4.50. The molecule has 0 aliphatic carbocycles. The van der Waals surface area contributed by atoms with Gasteiger partial charge in [-0.2, -0.15) is 0 Å². The van der Waals surface area contributed by atoms with Crippen LogP contribution in [0.4, 0.5) is 0 Å². The van der Waals surface area contributed by atoms with Gasteiger partial charge in [-0.25, -0.2) is 4.57 Å². The molecule has 52 heavy (non-hydrogen) atoms. The summed E-state index contributed by atoms with van der Waals surface area (Å²) in [6.07, 6.45) is 37.8. The Kier molecular flexibility index (Phi) is 39.7. The molecule has 0 radical (unpaired) electrons. The lowest BCUT2D eigenvalue weighted by Crippen LogP contribution is -2.29. The van der Waals surface area contributed by atoms with E-state index in [0.29, 0.717) is 6.61 Å². The first kappa shape index (κ1) is 51.5. The van der Waals surface area contributed by atoms with Crippen molar-refractivity contribution >= 4 is 13.8 Å². The summed E-state index contributed by atoms with van der Waals surface area (Å²) in [5.41, 5.74) is 0. The van der Waals surface area contributed by atoms with Crippen LogP contribution in [-0.2, 0) is 27.9 Å². The number of ether oxygens (including phenoxy) is 2. The van der Waals surface area contributed by atoms with Gasteiger partial charge in [0.05, 0.1) is 26.4 Å². The third-order valence-electron chi connectivity index (χ3n) is 9.79. The van der Waals surface area contributed by atoms with Crippen molar-refractivity contribution in [3.05, 3.63) is 0 Å². The number of carbonyl (C=O) groups is 1. The number of aliphatic hydroxyl groups excluding tert-OH is 2. The van der Waals surface area contributed by atoms with Crippen LogP contribution >= 0.6 is 7.82 Å². The molecule has 0 aliphatic rings. The number of hydrogen-bond donors (Lipinski definition) is 3. The molecule has 312 valence electrons. The van der Waals surface area contributed by atoms with E-state index < -0.39 is 33.2 Å². The molecule has 3 N–H and O–H groups in total. The highest BCUT2D eigenvalue weighted by Crippen LogP contribution is 2.43. The Morgan fingerprint density at radius 1 is 0.519 bits per heavy atom. The summed E-state index contributed by atoms with van der Waals surface area (Å²) < 4.78 is 33.3. The predicted molar refractivity (Wildman–Crippen MR) is 215 cm³/mol. The zero-order valence-electron chi connectivity index (χ0n) is 34.1. The van der Waals surface area contributed by atoms with Crippen molar-refractivity contribution in [2.24, 2.45) is 0 Å². The average molecular weight is 765 g/mol. The van der Waals surface area contributed by atoms with Crippen LogP contribution < -0.4 is 0 Å². The standard InChI is InChI=1S/C42H85O9P/c1-3-5-7-9-11-13-15-16-17-18-19-20-21-22-23-24-25-26-28-30-32-34-42(45)51-41(39-50-52(46,47)49-37-40(44)36-43)38-48-35-33-31-29-27-14-12-10-8-6-4-2/h40-41,43-44H,3-39H2,1-2H3,(H,46,47). The predicted octanol–water partition coefficient (Wildman–Crippen LogP) is 11.9. The third kappa shape index (κ3) is 39.2. The van der Waals surface area contributed by atoms with Crippen molar-refractivity contribution in [2.75, 3.05) is 33.0 Å². The van der Waals surface area contributed by atoms with Crippen LogP contribution in [0.15, 0.2) is 0 Å². The minimum atomic E-state index is -4.50. The Morgan fingerprint density at radius 3 is 1.25 bits per heavy atom. The van der Waals surface area contributed by atoms with E-state index in [1.807, 2.05) is 0 Å². The molecule has 0 saturated heterocycles. The van der Waals surface area contributed by atoms with Gasteiger partial charge in [-0.3, -0.25) is 13.8 Å². The topological polar surface area (TPSA) is 132 Å². The Hall–Kier alpha value is -0.540. The van der Waals surface area contributed by atoms with Crippen LogP contribution in [-0.4, -0.2) is 66.3 Å². The van der Waals surface area contributed by atoms with E-state index in [2.05, 4.69) is 13.8 Å². The summed E-state index contributed by atoms with van der Waals surface area (Å²) >= 11 is 0. The van der Waals surface area contributed by atoms with Gasteiger partial charge in [0.15, 0.2) is 0 Å². The highest BCUT2D eigenvalue weighted by atomic mass is 31.2. The molecule has 0 aromatic heterocycles. The molecule has 0 spiro atoms. The summed E-state index contributed by atoms with van der Waals surface area (Å²) in [6, 6.07) is 0. The minimum absolute atomic E-state index is 0.0573. The number of unbranched alkanes of at least 4 members (excludes halogenated alkanes) is 29. The second kappa shape index (κ2) is 40.1. The lowest BCUT2D eigenvalue weighted by atomic mass is 10.0. The maximum absolute atomic E-state index is 12.6. The second-order valence-corrected chi connectivity index (χ2v) is 16.5. The van der Waals surface area contributed by atoms with E-state index in [9.17, 15) is 19.4 Å². The van der Waals surface area contributed by atoms with Crippen molar-refractivity contribution in [1.29, 1.82) is 0 Å². The number of hydrogen-bond acceptors (Lipinski definition) is 8. The van der Waals surface area contributed by atoms with Gasteiger partial charge in [-0.1, -0.05) is 200 Å². The maximum Gasteiger partial charge on any atom is 0.472 e. The SMILES string of the molecule is CCCCCCCCCCCCCCCCCCCCCCCC(=O)OC(COCCCCCCCCCCCC)COP(=O)(O)OCC(O)CO. The van der Waals surface area contributed by atoms with Gasteiger partial charge in [-0.05, 0) is 12.8 Å². The van der Waals surface area contributed by atoms with Gasteiger partial charge in [0, 0.05) is 13.0 Å². The molecule has 0 aliphatic heterocycles. The minimum Gasteiger partial charge on any atom is -0.457 e. The Labute approximate surface area is 320 Å². The molecule has 9 nitrogen and oxygen atoms in total.